The van der Waals surface area contributed by atoms with E-state index in [2.05, 4.69) is 0 Å². The second-order valence-electron chi connectivity index (χ2n) is 9.79. The number of carbonyl (C=O) groups excluding carboxylic acids is 2. The minimum Gasteiger partial charge on any atom is -0.299 e. The van der Waals surface area contributed by atoms with Gasteiger partial charge in [-0.05, 0) is 63.2 Å². The van der Waals surface area contributed by atoms with Gasteiger partial charge in [-0.25, -0.2) is 0 Å². The van der Waals surface area contributed by atoms with Crippen molar-refractivity contribution < 1.29 is 34.8 Å². The van der Waals surface area contributed by atoms with E-state index in [1.165, 1.54) is 0 Å². The predicted molar refractivity (Wildman–Crippen MR) is 108 cm³/mol. The molecule has 0 aliphatic heterocycles. The Balaban J connectivity index is 1.16. The van der Waals surface area contributed by atoms with Gasteiger partial charge in [0.25, 0.3) is 20.2 Å². The van der Waals surface area contributed by atoms with E-state index in [4.69, 9.17) is 8.37 Å². The van der Waals surface area contributed by atoms with Crippen LogP contribution in [0, 0.1) is 22.7 Å². The molecule has 4 fully saturated rings. The molecular weight excluding hydrogens is 432 g/mol. The molecule has 0 aromatic heterocycles. The summed E-state index contributed by atoms with van der Waals surface area (Å²) in [6.45, 7) is -0.132. The lowest BCUT2D eigenvalue weighted by atomic mass is 9.85. The molecule has 30 heavy (non-hydrogen) atoms. The second-order valence-corrected chi connectivity index (χ2v) is 13.1. The van der Waals surface area contributed by atoms with Gasteiger partial charge < -0.3 is 0 Å². The summed E-state index contributed by atoms with van der Waals surface area (Å²) in [4.78, 5) is 24.2. The quantitative estimate of drug-likeness (QED) is 0.338. The molecule has 0 amide bonds. The van der Waals surface area contributed by atoms with Crippen molar-refractivity contribution >= 4 is 31.8 Å². The van der Waals surface area contributed by atoms with Crippen LogP contribution in [0.5, 0.6) is 0 Å². The molecular formula is C20H30O8S2. The number of carbonyl (C=O) groups is 2. The lowest BCUT2D eigenvalue weighted by molar-refractivity contribution is -0.126. The maximum absolute atomic E-state index is 12.3. The van der Waals surface area contributed by atoms with E-state index >= 15 is 0 Å². The standard InChI is InChI=1S/C20H30O8S2/c21-17-9-15-3-5-19(17,11-15)13-29(23,24)27-7-1-2-8-28-30(25,26)14-20-6-4-16(12-20)10-18(20)22/h15-16H,1-14H2. The Morgan fingerprint density at radius 2 is 1.13 bits per heavy atom. The van der Waals surface area contributed by atoms with Gasteiger partial charge in [0.1, 0.15) is 11.6 Å². The zero-order chi connectivity index (χ0) is 21.6. The molecule has 0 radical (unpaired) electrons. The molecule has 0 aromatic rings. The monoisotopic (exact) mass is 462 g/mol. The Morgan fingerprint density at radius 3 is 1.43 bits per heavy atom. The molecule has 0 saturated heterocycles. The van der Waals surface area contributed by atoms with Crippen LogP contribution in [0.3, 0.4) is 0 Å². The summed E-state index contributed by atoms with van der Waals surface area (Å²) in [5, 5.41) is 0. The third-order valence-corrected chi connectivity index (χ3v) is 10.4. The van der Waals surface area contributed by atoms with E-state index in [0.717, 1.165) is 12.8 Å². The van der Waals surface area contributed by atoms with Crippen molar-refractivity contribution in [3.05, 3.63) is 0 Å². The first-order valence-corrected chi connectivity index (χ1v) is 14.0. The van der Waals surface area contributed by atoms with Crippen LogP contribution in [0.4, 0.5) is 0 Å². The number of unbranched alkanes of at least 4 members (excludes halogenated alkanes) is 1. The minimum absolute atomic E-state index is 0.0401. The SMILES string of the molecule is O=C1CC2CCC1(CS(=O)(=O)OCCCCOS(=O)(=O)CC13CCC(CC1=O)C3)C2. The van der Waals surface area contributed by atoms with Gasteiger partial charge in [0.05, 0.1) is 24.7 Å². The van der Waals surface area contributed by atoms with Crippen LogP contribution in [-0.4, -0.2) is 53.1 Å². The Labute approximate surface area is 178 Å². The molecule has 10 heteroatoms. The zero-order valence-electron chi connectivity index (χ0n) is 17.1. The van der Waals surface area contributed by atoms with E-state index in [-0.39, 0.29) is 36.3 Å². The first-order valence-electron chi connectivity index (χ1n) is 10.8. The van der Waals surface area contributed by atoms with Gasteiger partial charge in [-0.15, -0.1) is 0 Å². The van der Waals surface area contributed by atoms with Crippen molar-refractivity contribution in [1.82, 2.24) is 0 Å². The molecule has 170 valence electrons. The van der Waals surface area contributed by atoms with E-state index < -0.39 is 31.1 Å². The summed E-state index contributed by atoms with van der Waals surface area (Å²) in [5.74, 6) is 0.216. The predicted octanol–water partition coefficient (Wildman–Crippen LogP) is 1.98. The molecule has 0 spiro atoms. The number of hydrogen-bond acceptors (Lipinski definition) is 8. The summed E-state index contributed by atoms with van der Waals surface area (Å²) < 4.78 is 59.2. The highest BCUT2D eigenvalue weighted by atomic mass is 32.2. The Kier molecular flexibility index (Phi) is 5.91. The largest absolute Gasteiger partial charge is 0.299 e. The highest BCUT2D eigenvalue weighted by Crippen LogP contribution is 2.53. The molecule has 0 N–H and O–H groups in total. The van der Waals surface area contributed by atoms with Crippen LogP contribution < -0.4 is 0 Å². The fourth-order valence-corrected chi connectivity index (χ4v) is 9.16. The summed E-state index contributed by atoms with van der Waals surface area (Å²) in [6, 6.07) is 0. The fraction of sp³-hybridized carbons (Fsp3) is 0.900. The van der Waals surface area contributed by atoms with Crippen LogP contribution in [0.2, 0.25) is 0 Å². The van der Waals surface area contributed by atoms with Crippen LogP contribution in [0.25, 0.3) is 0 Å². The van der Waals surface area contributed by atoms with Crippen molar-refractivity contribution in [1.29, 1.82) is 0 Å². The molecule has 4 atom stereocenters. The molecule has 4 aliphatic carbocycles. The van der Waals surface area contributed by atoms with Crippen molar-refractivity contribution in [2.24, 2.45) is 22.7 Å². The average Bonchev–Trinajstić information content (AvgIpc) is 3.35. The molecule has 8 nitrogen and oxygen atoms in total. The molecule has 4 unspecified atom stereocenters. The van der Waals surface area contributed by atoms with E-state index in [0.29, 0.717) is 63.2 Å². The van der Waals surface area contributed by atoms with Crippen molar-refractivity contribution in [3.63, 3.8) is 0 Å². The number of rotatable bonds is 11. The van der Waals surface area contributed by atoms with E-state index in [1.807, 2.05) is 0 Å². The normalized spacial score (nSPS) is 35.6. The lowest BCUT2D eigenvalue weighted by Crippen LogP contribution is -2.34. The van der Waals surface area contributed by atoms with E-state index in [9.17, 15) is 26.4 Å². The van der Waals surface area contributed by atoms with Crippen LogP contribution in [0.1, 0.15) is 64.2 Å². The first-order chi connectivity index (χ1) is 14.0. The maximum Gasteiger partial charge on any atom is 0.268 e. The van der Waals surface area contributed by atoms with Gasteiger partial charge in [-0.3, -0.25) is 18.0 Å². The molecule has 0 heterocycles. The van der Waals surface area contributed by atoms with Crippen molar-refractivity contribution in [3.8, 4) is 0 Å². The molecule has 4 aliphatic rings. The Bertz CT molecular complexity index is 848. The lowest BCUT2D eigenvalue weighted by Gasteiger charge is -2.24. The molecule has 0 aromatic carbocycles. The van der Waals surface area contributed by atoms with Gasteiger partial charge in [0.15, 0.2) is 0 Å². The third-order valence-electron chi connectivity index (χ3n) is 7.52. The summed E-state index contributed by atoms with van der Waals surface area (Å²) >= 11 is 0. The van der Waals surface area contributed by atoms with Crippen molar-refractivity contribution in [2.45, 2.75) is 64.2 Å². The Morgan fingerprint density at radius 1 is 0.733 bits per heavy atom. The van der Waals surface area contributed by atoms with Crippen LogP contribution in [-0.2, 0) is 38.2 Å². The zero-order valence-corrected chi connectivity index (χ0v) is 18.8. The molecule has 4 saturated carbocycles. The second kappa shape index (κ2) is 7.94. The summed E-state index contributed by atoms with van der Waals surface area (Å²) in [6.07, 6.45) is 5.95. The van der Waals surface area contributed by atoms with Gasteiger partial charge in [0.2, 0.25) is 0 Å². The number of hydrogen-bond donors (Lipinski definition) is 0. The van der Waals surface area contributed by atoms with E-state index in [1.54, 1.807) is 0 Å². The average molecular weight is 463 g/mol. The number of fused-ring (bicyclic) bond motifs is 4. The van der Waals surface area contributed by atoms with Gasteiger partial charge in [0, 0.05) is 23.7 Å². The highest BCUT2D eigenvalue weighted by molar-refractivity contribution is 7.87. The molecule has 4 bridgehead atoms. The number of Topliss-reactive ketones (excluding diaryl/α,β-unsaturated/α-hetero) is 2. The molecule has 4 rings (SSSR count). The Hall–Kier alpha value is -0.840. The van der Waals surface area contributed by atoms with Gasteiger partial charge >= 0.3 is 0 Å². The van der Waals surface area contributed by atoms with Crippen LogP contribution in [0.15, 0.2) is 0 Å². The van der Waals surface area contributed by atoms with Gasteiger partial charge in [-0.1, -0.05) is 0 Å². The van der Waals surface area contributed by atoms with Crippen LogP contribution >= 0.6 is 0 Å². The first kappa shape index (κ1) is 22.4. The fourth-order valence-electron chi connectivity index (χ4n) is 6.05. The summed E-state index contributed by atoms with van der Waals surface area (Å²) in [5.41, 5.74) is -1.51. The highest BCUT2D eigenvalue weighted by Gasteiger charge is 2.54. The van der Waals surface area contributed by atoms with Crippen molar-refractivity contribution in [2.75, 3.05) is 24.7 Å². The number of ketones is 2. The topological polar surface area (TPSA) is 121 Å². The third kappa shape index (κ3) is 4.52. The smallest absolute Gasteiger partial charge is 0.268 e. The minimum atomic E-state index is -3.80. The van der Waals surface area contributed by atoms with Gasteiger partial charge in [-0.2, -0.15) is 16.8 Å². The summed E-state index contributed by atoms with van der Waals surface area (Å²) in [7, 11) is -7.61. The maximum atomic E-state index is 12.3.